The summed E-state index contributed by atoms with van der Waals surface area (Å²) in [7, 11) is 1.93. The minimum atomic E-state index is -0.561. The van der Waals surface area contributed by atoms with E-state index in [4.69, 9.17) is 4.74 Å². The molecule has 2 heteroatoms. The van der Waals surface area contributed by atoms with Crippen molar-refractivity contribution in [1.82, 2.24) is 0 Å². The quantitative estimate of drug-likeness (QED) is 0.364. The van der Waals surface area contributed by atoms with E-state index < -0.39 is 5.60 Å². The van der Waals surface area contributed by atoms with Crippen molar-refractivity contribution in [2.24, 2.45) is 51.2 Å². The molecule has 0 aromatic heterocycles. The van der Waals surface area contributed by atoms with E-state index >= 15 is 0 Å². The SMILES string of the molecule is CCC(CC[C@@H](C)[C@H]1CC[C@@]2(C)[C@@H]3CC[C@H]4C(C)(C)[C@@H](OC)CC[C@]4(C)C3=CC[C@]12C)C(C)(C)O. The number of aliphatic hydroxyl groups is 1. The Kier molecular flexibility index (Phi) is 7.23. The molecule has 4 rings (SSSR count). The fourth-order valence-corrected chi connectivity index (χ4v) is 10.8. The van der Waals surface area contributed by atoms with Crippen LogP contribution in [0.1, 0.15) is 127 Å². The average molecular weight is 487 g/mol. The van der Waals surface area contributed by atoms with Gasteiger partial charge in [-0.25, -0.2) is 0 Å². The second-order valence-corrected chi connectivity index (χ2v) is 15.3. The summed E-state index contributed by atoms with van der Waals surface area (Å²) in [4.78, 5) is 0. The summed E-state index contributed by atoms with van der Waals surface area (Å²) in [6.45, 7) is 21.8. The van der Waals surface area contributed by atoms with Gasteiger partial charge in [0, 0.05) is 7.11 Å². The summed E-state index contributed by atoms with van der Waals surface area (Å²) in [6.07, 6.45) is 15.9. The van der Waals surface area contributed by atoms with Gasteiger partial charge in [-0.05, 0) is 116 Å². The van der Waals surface area contributed by atoms with Crippen molar-refractivity contribution in [2.45, 2.75) is 138 Å². The Bertz CT molecular complexity index is 804. The van der Waals surface area contributed by atoms with Crippen LogP contribution in [0, 0.1) is 51.2 Å². The molecule has 9 atom stereocenters. The maximum absolute atomic E-state index is 10.6. The van der Waals surface area contributed by atoms with Crippen molar-refractivity contribution in [1.29, 1.82) is 0 Å². The van der Waals surface area contributed by atoms with E-state index in [9.17, 15) is 5.11 Å². The zero-order valence-corrected chi connectivity index (χ0v) is 25.0. The van der Waals surface area contributed by atoms with Gasteiger partial charge in [0.2, 0.25) is 0 Å². The molecule has 3 saturated carbocycles. The Morgan fingerprint density at radius 2 is 1.69 bits per heavy atom. The Hall–Kier alpha value is -0.340. The first kappa shape index (κ1) is 27.7. The van der Waals surface area contributed by atoms with E-state index in [1.165, 1.54) is 51.4 Å². The van der Waals surface area contributed by atoms with E-state index in [-0.39, 0.29) is 5.41 Å². The van der Waals surface area contributed by atoms with E-state index in [0.717, 1.165) is 36.5 Å². The van der Waals surface area contributed by atoms with Crippen LogP contribution in [0.4, 0.5) is 0 Å². The van der Waals surface area contributed by atoms with Crippen LogP contribution in [0.25, 0.3) is 0 Å². The fraction of sp³-hybridized carbons (Fsp3) is 0.939. The molecule has 0 aromatic rings. The van der Waals surface area contributed by atoms with Crippen molar-refractivity contribution >= 4 is 0 Å². The molecule has 0 saturated heterocycles. The van der Waals surface area contributed by atoms with Gasteiger partial charge in [-0.3, -0.25) is 0 Å². The van der Waals surface area contributed by atoms with Crippen LogP contribution >= 0.6 is 0 Å². The van der Waals surface area contributed by atoms with E-state index in [1.807, 2.05) is 26.5 Å². The third-order valence-corrected chi connectivity index (χ3v) is 13.2. The van der Waals surface area contributed by atoms with Crippen molar-refractivity contribution in [3.05, 3.63) is 11.6 Å². The number of allylic oxidation sites excluding steroid dienone is 2. The molecular weight excluding hydrogens is 428 g/mol. The fourth-order valence-electron chi connectivity index (χ4n) is 10.8. The number of methoxy groups -OCH3 is 1. The maximum atomic E-state index is 10.6. The van der Waals surface area contributed by atoms with Crippen molar-refractivity contribution in [3.63, 3.8) is 0 Å². The lowest BCUT2D eigenvalue weighted by Crippen LogP contribution is -2.58. The highest BCUT2D eigenvalue weighted by molar-refractivity contribution is 5.32. The Morgan fingerprint density at radius 1 is 1.00 bits per heavy atom. The standard InChI is InChI=1S/C33H58O2/c1-11-23(30(5,6)34)13-12-22(2)24-16-20-33(9)26-14-15-27-29(3,4)28(35-10)18-19-31(27,7)25(26)17-21-32(24,33)8/h17,22-24,26-28,34H,11-16,18-21H2,1-10H3/t22-,23?,24-,26-,27+,28+,31-,32-,33+/m1/s1. The van der Waals surface area contributed by atoms with Crippen molar-refractivity contribution in [2.75, 3.05) is 7.11 Å². The molecule has 0 amide bonds. The van der Waals surface area contributed by atoms with Gasteiger partial charge in [-0.2, -0.15) is 0 Å². The predicted molar refractivity (Wildman–Crippen MR) is 148 cm³/mol. The monoisotopic (exact) mass is 486 g/mol. The molecule has 0 aromatic carbocycles. The molecule has 3 fully saturated rings. The van der Waals surface area contributed by atoms with Crippen molar-refractivity contribution < 1.29 is 9.84 Å². The lowest BCUT2D eigenvalue weighted by Gasteiger charge is -2.64. The van der Waals surface area contributed by atoms with Gasteiger partial charge >= 0.3 is 0 Å². The molecule has 202 valence electrons. The summed E-state index contributed by atoms with van der Waals surface area (Å²) in [5, 5.41) is 10.6. The highest BCUT2D eigenvalue weighted by atomic mass is 16.5. The van der Waals surface area contributed by atoms with Crippen LogP contribution in [-0.2, 0) is 4.74 Å². The average Bonchev–Trinajstić information content (AvgIpc) is 3.04. The van der Waals surface area contributed by atoms with Gasteiger partial charge in [-0.1, -0.05) is 73.0 Å². The molecule has 0 radical (unpaired) electrons. The second kappa shape index (κ2) is 9.14. The highest BCUT2D eigenvalue weighted by Crippen LogP contribution is 2.73. The highest BCUT2D eigenvalue weighted by Gasteiger charge is 2.65. The third kappa shape index (κ3) is 4.10. The topological polar surface area (TPSA) is 29.5 Å². The number of fused-ring (bicyclic) bond motifs is 5. The summed E-state index contributed by atoms with van der Waals surface area (Å²) >= 11 is 0. The van der Waals surface area contributed by atoms with Crippen LogP contribution in [-0.4, -0.2) is 23.9 Å². The Balaban J connectivity index is 1.58. The summed E-state index contributed by atoms with van der Waals surface area (Å²) in [6, 6.07) is 0. The van der Waals surface area contributed by atoms with Crippen LogP contribution in [0.3, 0.4) is 0 Å². The van der Waals surface area contributed by atoms with Crippen LogP contribution in [0.5, 0.6) is 0 Å². The summed E-state index contributed by atoms with van der Waals surface area (Å²) < 4.78 is 6.02. The Morgan fingerprint density at radius 3 is 2.29 bits per heavy atom. The molecule has 0 aliphatic heterocycles. The molecule has 0 heterocycles. The molecule has 1 N–H and O–H groups in total. The number of ether oxygens (including phenoxy) is 1. The molecular formula is C33H58O2. The van der Waals surface area contributed by atoms with Gasteiger partial charge in [0.1, 0.15) is 0 Å². The van der Waals surface area contributed by atoms with Crippen LogP contribution in [0.15, 0.2) is 11.6 Å². The molecule has 1 unspecified atom stereocenters. The summed E-state index contributed by atoms with van der Waals surface area (Å²) in [5.41, 5.74) is 2.70. The number of hydrogen-bond donors (Lipinski definition) is 1. The van der Waals surface area contributed by atoms with Gasteiger partial charge in [0.05, 0.1) is 11.7 Å². The van der Waals surface area contributed by atoms with E-state index in [0.29, 0.717) is 28.3 Å². The largest absolute Gasteiger partial charge is 0.390 e. The van der Waals surface area contributed by atoms with Gasteiger partial charge in [0.15, 0.2) is 0 Å². The first-order valence-corrected chi connectivity index (χ1v) is 15.1. The Labute approximate surface area is 218 Å². The zero-order chi connectivity index (χ0) is 26.0. The summed E-state index contributed by atoms with van der Waals surface area (Å²) in [5.74, 6) is 3.43. The van der Waals surface area contributed by atoms with Crippen molar-refractivity contribution in [3.8, 4) is 0 Å². The molecule has 2 nitrogen and oxygen atoms in total. The first-order valence-electron chi connectivity index (χ1n) is 15.1. The van der Waals surface area contributed by atoms with Crippen LogP contribution in [0.2, 0.25) is 0 Å². The normalized spacial score (nSPS) is 44.6. The zero-order valence-electron chi connectivity index (χ0n) is 25.0. The molecule has 0 spiro atoms. The lowest BCUT2D eigenvalue weighted by molar-refractivity contribution is -0.130. The molecule has 0 bridgehead atoms. The molecule has 35 heavy (non-hydrogen) atoms. The molecule has 4 aliphatic carbocycles. The van der Waals surface area contributed by atoms with Gasteiger partial charge < -0.3 is 9.84 Å². The smallest absolute Gasteiger partial charge is 0.0625 e. The molecule has 4 aliphatic rings. The van der Waals surface area contributed by atoms with E-state index in [1.54, 1.807) is 0 Å². The van der Waals surface area contributed by atoms with Gasteiger partial charge in [0.25, 0.3) is 0 Å². The lowest BCUT2D eigenvalue weighted by atomic mass is 9.41. The number of hydrogen-bond acceptors (Lipinski definition) is 2. The van der Waals surface area contributed by atoms with Crippen LogP contribution < -0.4 is 0 Å². The predicted octanol–water partition coefficient (Wildman–Crippen LogP) is 8.82. The van der Waals surface area contributed by atoms with E-state index in [2.05, 4.69) is 54.5 Å². The maximum Gasteiger partial charge on any atom is 0.0625 e. The minimum Gasteiger partial charge on any atom is -0.390 e. The second-order valence-electron chi connectivity index (χ2n) is 15.3. The minimum absolute atomic E-state index is 0.248. The number of rotatable bonds is 7. The third-order valence-electron chi connectivity index (χ3n) is 13.2. The first-order chi connectivity index (χ1) is 16.2. The van der Waals surface area contributed by atoms with Gasteiger partial charge in [-0.15, -0.1) is 0 Å².